The van der Waals surface area contributed by atoms with Crippen LogP contribution in [0.25, 0.3) is 0 Å². The summed E-state index contributed by atoms with van der Waals surface area (Å²) in [5.41, 5.74) is 7.65. The Hall–Kier alpha value is -3.45. The molecule has 170 valence electrons. The third kappa shape index (κ3) is 8.73. The van der Waals surface area contributed by atoms with Crippen molar-refractivity contribution in [2.24, 2.45) is 11.7 Å². The third-order valence-corrected chi connectivity index (χ3v) is 4.65. The Morgan fingerprint density at radius 3 is 1.97 bits per heavy atom. The molecule has 0 saturated heterocycles. The molecule has 0 aromatic heterocycles. The molecule has 0 aliphatic rings. The number of nitrogens with one attached hydrogen (secondary N) is 1. The molecule has 7 heteroatoms. The second-order valence-corrected chi connectivity index (χ2v) is 7.66. The molecule has 0 fully saturated rings. The van der Waals surface area contributed by atoms with E-state index >= 15 is 0 Å². The Kier molecular flexibility index (Phi) is 10.1. The highest BCUT2D eigenvalue weighted by Gasteiger charge is 2.27. The molecule has 2 aromatic rings. The molecule has 0 aliphatic carbocycles. The number of ether oxygens (including phenoxy) is 2. The topological polar surface area (TPSA) is 108 Å². The van der Waals surface area contributed by atoms with Crippen molar-refractivity contribution in [3.05, 3.63) is 83.9 Å². The minimum atomic E-state index is -0.920. The summed E-state index contributed by atoms with van der Waals surface area (Å²) in [7, 11) is 0. The maximum Gasteiger partial charge on any atom is 0.330 e. The molecule has 1 amide bonds. The first-order chi connectivity index (χ1) is 15.4. The van der Waals surface area contributed by atoms with Crippen molar-refractivity contribution in [2.75, 3.05) is 0 Å². The van der Waals surface area contributed by atoms with E-state index in [1.54, 1.807) is 0 Å². The fourth-order valence-corrected chi connectivity index (χ4v) is 2.77. The van der Waals surface area contributed by atoms with E-state index in [0.717, 1.165) is 11.1 Å². The number of nitrogens with two attached hydrogens (primary N) is 1. The number of hydrogen-bond acceptors (Lipinski definition) is 6. The fraction of sp³-hybridized carbons (Fsp3) is 0.320. The molecular formula is C25H30N2O5. The number of esters is 2. The SMILES string of the molecule is CC(C)[C@H](NC(=O)C(N)CC=CC(=O)OCc1ccccc1)C(=O)OCc1ccccc1. The highest BCUT2D eigenvalue weighted by molar-refractivity contribution is 5.88. The lowest BCUT2D eigenvalue weighted by Gasteiger charge is -2.22. The van der Waals surface area contributed by atoms with Crippen molar-refractivity contribution >= 4 is 17.8 Å². The summed E-state index contributed by atoms with van der Waals surface area (Å²) in [5.74, 6) is -1.73. The van der Waals surface area contributed by atoms with Gasteiger partial charge in [-0.3, -0.25) is 4.79 Å². The molecule has 0 saturated carbocycles. The maximum atomic E-state index is 12.5. The molecular weight excluding hydrogens is 408 g/mol. The van der Waals surface area contributed by atoms with E-state index in [-0.39, 0.29) is 25.6 Å². The molecule has 32 heavy (non-hydrogen) atoms. The largest absolute Gasteiger partial charge is 0.459 e. The zero-order chi connectivity index (χ0) is 23.3. The molecule has 1 unspecified atom stereocenters. The Labute approximate surface area is 188 Å². The second-order valence-electron chi connectivity index (χ2n) is 7.66. The highest BCUT2D eigenvalue weighted by Crippen LogP contribution is 2.08. The molecule has 0 aliphatic heterocycles. The van der Waals surface area contributed by atoms with Gasteiger partial charge in [0.1, 0.15) is 19.3 Å². The van der Waals surface area contributed by atoms with Gasteiger partial charge in [-0.2, -0.15) is 0 Å². The Balaban J connectivity index is 1.78. The van der Waals surface area contributed by atoms with Gasteiger partial charge in [0.25, 0.3) is 0 Å². The quantitative estimate of drug-likeness (QED) is 0.413. The lowest BCUT2D eigenvalue weighted by Crippen LogP contribution is -2.51. The number of rotatable bonds is 11. The van der Waals surface area contributed by atoms with E-state index in [4.69, 9.17) is 15.2 Å². The predicted molar refractivity (Wildman–Crippen MR) is 121 cm³/mol. The number of hydrogen-bond donors (Lipinski definition) is 2. The lowest BCUT2D eigenvalue weighted by atomic mass is 10.0. The molecule has 0 radical (unpaired) electrons. The summed E-state index contributed by atoms with van der Waals surface area (Å²) in [5, 5.41) is 2.65. The molecule has 2 atom stereocenters. The van der Waals surface area contributed by atoms with Gasteiger partial charge in [0.05, 0.1) is 6.04 Å². The van der Waals surface area contributed by atoms with Crippen LogP contribution in [0.2, 0.25) is 0 Å². The van der Waals surface area contributed by atoms with Gasteiger partial charge in [-0.25, -0.2) is 9.59 Å². The average Bonchev–Trinajstić information content (AvgIpc) is 2.80. The summed E-state index contributed by atoms with van der Waals surface area (Å²) >= 11 is 0. The Morgan fingerprint density at radius 2 is 1.44 bits per heavy atom. The molecule has 0 spiro atoms. The van der Waals surface area contributed by atoms with Gasteiger partial charge in [0.15, 0.2) is 0 Å². The third-order valence-electron chi connectivity index (χ3n) is 4.65. The van der Waals surface area contributed by atoms with Gasteiger partial charge >= 0.3 is 11.9 Å². The van der Waals surface area contributed by atoms with Crippen molar-refractivity contribution in [3.8, 4) is 0 Å². The first kappa shape index (κ1) is 24.8. The van der Waals surface area contributed by atoms with Gasteiger partial charge in [-0.1, -0.05) is 80.6 Å². The number of carbonyl (C=O) groups is 3. The second kappa shape index (κ2) is 13.1. The van der Waals surface area contributed by atoms with Gasteiger partial charge in [-0.05, 0) is 23.5 Å². The van der Waals surface area contributed by atoms with Crippen LogP contribution in [-0.2, 0) is 37.1 Å². The van der Waals surface area contributed by atoms with Crippen LogP contribution in [0.1, 0.15) is 31.4 Å². The minimum Gasteiger partial charge on any atom is -0.459 e. The molecule has 0 bridgehead atoms. The smallest absolute Gasteiger partial charge is 0.330 e. The minimum absolute atomic E-state index is 0.121. The van der Waals surface area contributed by atoms with Crippen LogP contribution in [0.3, 0.4) is 0 Å². The lowest BCUT2D eigenvalue weighted by molar-refractivity contribution is -0.150. The molecule has 7 nitrogen and oxygen atoms in total. The zero-order valence-electron chi connectivity index (χ0n) is 18.4. The summed E-state index contributed by atoms with van der Waals surface area (Å²) < 4.78 is 10.5. The number of carbonyl (C=O) groups excluding carboxylic acids is 3. The van der Waals surface area contributed by atoms with Gasteiger partial charge < -0.3 is 20.5 Å². The Bertz CT molecular complexity index is 897. The monoisotopic (exact) mass is 438 g/mol. The molecule has 3 N–H and O–H groups in total. The van der Waals surface area contributed by atoms with E-state index in [1.807, 2.05) is 74.5 Å². The van der Waals surface area contributed by atoms with Crippen LogP contribution in [0.5, 0.6) is 0 Å². The zero-order valence-corrected chi connectivity index (χ0v) is 18.4. The maximum absolute atomic E-state index is 12.5. The van der Waals surface area contributed by atoms with Crippen molar-refractivity contribution < 1.29 is 23.9 Å². The summed E-state index contributed by atoms with van der Waals surface area (Å²) in [6.07, 6.45) is 2.84. The van der Waals surface area contributed by atoms with Crippen molar-refractivity contribution in [1.29, 1.82) is 0 Å². The summed E-state index contributed by atoms with van der Waals surface area (Å²) in [6, 6.07) is 16.9. The number of benzene rings is 2. The first-order valence-electron chi connectivity index (χ1n) is 10.5. The van der Waals surface area contributed by atoms with Crippen LogP contribution >= 0.6 is 0 Å². The van der Waals surface area contributed by atoms with E-state index < -0.39 is 29.9 Å². The van der Waals surface area contributed by atoms with Crippen LogP contribution in [0.15, 0.2) is 72.8 Å². The standard InChI is InChI=1S/C25H30N2O5/c1-18(2)23(25(30)32-17-20-12-7-4-8-13-20)27-24(29)21(26)14-9-15-22(28)31-16-19-10-5-3-6-11-19/h3-13,15,18,21,23H,14,16-17,26H2,1-2H3,(H,27,29)/t21?,23-/m0/s1. The van der Waals surface area contributed by atoms with Crippen LogP contribution in [-0.4, -0.2) is 29.9 Å². The van der Waals surface area contributed by atoms with Gasteiger partial charge in [-0.15, -0.1) is 0 Å². The molecule has 2 rings (SSSR count). The first-order valence-corrected chi connectivity index (χ1v) is 10.5. The highest BCUT2D eigenvalue weighted by atomic mass is 16.5. The molecule has 0 heterocycles. The normalized spacial score (nSPS) is 12.9. The van der Waals surface area contributed by atoms with E-state index in [0.29, 0.717) is 0 Å². The van der Waals surface area contributed by atoms with Crippen molar-refractivity contribution in [3.63, 3.8) is 0 Å². The van der Waals surface area contributed by atoms with Crippen LogP contribution in [0, 0.1) is 5.92 Å². The van der Waals surface area contributed by atoms with Gasteiger partial charge in [0.2, 0.25) is 5.91 Å². The van der Waals surface area contributed by atoms with Crippen molar-refractivity contribution in [1.82, 2.24) is 5.32 Å². The number of amides is 1. The van der Waals surface area contributed by atoms with Gasteiger partial charge in [0, 0.05) is 6.08 Å². The summed E-state index contributed by atoms with van der Waals surface area (Å²) in [4.78, 5) is 36.7. The summed E-state index contributed by atoms with van der Waals surface area (Å²) in [6.45, 7) is 3.90. The van der Waals surface area contributed by atoms with E-state index in [2.05, 4.69) is 5.32 Å². The predicted octanol–water partition coefficient (Wildman–Crippen LogP) is 2.89. The average molecular weight is 439 g/mol. The van der Waals surface area contributed by atoms with E-state index in [1.165, 1.54) is 12.2 Å². The Morgan fingerprint density at radius 1 is 0.906 bits per heavy atom. The van der Waals surface area contributed by atoms with Crippen molar-refractivity contribution in [2.45, 2.75) is 45.6 Å². The van der Waals surface area contributed by atoms with E-state index in [9.17, 15) is 14.4 Å². The van der Waals surface area contributed by atoms with Crippen LogP contribution < -0.4 is 11.1 Å². The van der Waals surface area contributed by atoms with Crippen LogP contribution in [0.4, 0.5) is 0 Å². The fourth-order valence-electron chi connectivity index (χ4n) is 2.77. The molecule has 2 aromatic carbocycles.